The van der Waals surface area contributed by atoms with Crippen LogP contribution in [0.2, 0.25) is 0 Å². The van der Waals surface area contributed by atoms with Crippen molar-refractivity contribution in [3.63, 3.8) is 0 Å². The molecule has 2 rings (SSSR count). The molecule has 0 aromatic carbocycles. The molecule has 1 N–H and O–H groups in total. The van der Waals surface area contributed by atoms with E-state index >= 15 is 0 Å². The number of carbonyl (C=O) groups excluding carboxylic acids is 1. The van der Waals surface area contributed by atoms with Crippen molar-refractivity contribution in [3.8, 4) is 0 Å². The van der Waals surface area contributed by atoms with E-state index in [4.69, 9.17) is 4.74 Å². The van der Waals surface area contributed by atoms with E-state index in [1.807, 2.05) is 0 Å². The van der Waals surface area contributed by atoms with Crippen LogP contribution < -0.4 is 0 Å². The molecule has 4 heteroatoms. The quantitative estimate of drug-likeness (QED) is 0.864. The second-order valence-corrected chi connectivity index (χ2v) is 7.45. The van der Waals surface area contributed by atoms with Gasteiger partial charge in [-0.1, -0.05) is 27.2 Å². The molecule has 2 aliphatic rings. The lowest BCUT2D eigenvalue weighted by Gasteiger charge is -2.57. The van der Waals surface area contributed by atoms with Crippen LogP contribution in [0.15, 0.2) is 0 Å². The van der Waals surface area contributed by atoms with E-state index in [-0.39, 0.29) is 29.1 Å². The number of ketones is 1. The van der Waals surface area contributed by atoms with E-state index in [0.29, 0.717) is 6.42 Å². The Morgan fingerprint density at radius 2 is 2.00 bits per heavy atom. The van der Waals surface area contributed by atoms with Gasteiger partial charge in [-0.15, -0.1) is 0 Å². The lowest BCUT2D eigenvalue weighted by Crippen LogP contribution is -2.57. The Morgan fingerprint density at radius 3 is 2.55 bits per heavy atom. The molecule has 20 heavy (non-hydrogen) atoms. The van der Waals surface area contributed by atoms with Gasteiger partial charge >= 0.3 is 5.97 Å². The summed E-state index contributed by atoms with van der Waals surface area (Å²) in [6.45, 7) is 6.65. The number of hydrogen-bond donors (Lipinski definition) is 1. The van der Waals surface area contributed by atoms with Crippen molar-refractivity contribution in [2.24, 2.45) is 28.6 Å². The summed E-state index contributed by atoms with van der Waals surface area (Å²) in [6.07, 6.45) is 3.51. The van der Waals surface area contributed by atoms with Crippen LogP contribution in [0.5, 0.6) is 0 Å². The number of aliphatic carboxylic acids is 1. The van der Waals surface area contributed by atoms with Crippen molar-refractivity contribution >= 4 is 11.8 Å². The smallest absolute Gasteiger partial charge is 0.307 e. The average Bonchev–Trinajstić information content (AvgIpc) is 2.31. The number of methoxy groups -OCH3 is 1. The first-order chi connectivity index (χ1) is 9.24. The second-order valence-electron chi connectivity index (χ2n) is 7.45. The van der Waals surface area contributed by atoms with Crippen LogP contribution >= 0.6 is 0 Å². The van der Waals surface area contributed by atoms with Crippen molar-refractivity contribution in [2.45, 2.75) is 46.5 Å². The Bertz CT molecular complexity index is 415. The number of hydrogen-bond acceptors (Lipinski definition) is 3. The standard InChI is InChI=1S/C16H26O4/c1-15(2)6-5-7-16(3)12(15)8-11(17)10(9-20-4)13(16)14(18)19/h10,12-13H,5-9H2,1-4H3,(H,18,19)/t10?,12-,13+,16-/m0/s1. The summed E-state index contributed by atoms with van der Waals surface area (Å²) >= 11 is 0. The summed E-state index contributed by atoms with van der Waals surface area (Å²) in [4.78, 5) is 24.3. The van der Waals surface area contributed by atoms with E-state index in [1.165, 1.54) is 7.11 Å². The molecule has 4 nitrogen and oxygen atoms in total. The maximum atomic E-state index is 12.4. The normalized spacial score (nSPS) is 40.2. The number of rotatable bonds is 3. The van der Waals surface area contributed by atoms with Gasteiger partial charge in [0, 0.05) is 13.5 Å². The first kappa shape index (κ1) is 15.5. The molecule has 0 bridgehead atoms. The molecule has 0 amide bonds. The second kappa shape index (κ2) is 5.14. The van der Waals surface area contributed by atoms with E-state index in [9.17, 15) is 14.7 Å². The summed E-state index contributed by atoms with van der Waals surface area (Å²) in [5.41, 5.74) is -0.265. The fourth-order valence-corrected chi connectivity index (χ4v) is 4.87. The molecule has 4 atom stereocenters. The SMILES string of the molecule is COCC1C(=O)C[C@H]2C(C)(C)CCC[C@]2(C)[C@H]1C(=O)O. The third kappa shape index (κ3) is 2.28. The fraction of sp³-hybridized carbons (Fsp3) is 0.875. The van der Waals surface area contributed by atoms with Crippen LogP contribution in [0.1, 0.15) is 46.5 Å². The van der Waals surface area contributed by atoms with Crippen LogP contribution in [0.3, 0.4) is 0 Å². The molecule has 2 fully saturated rings. The number of Topliss-reactive ketones (excluding diaryl/α,β-unsaturated/α-hetero) is 1. The van der Waals surface area contributed by atoms with Crippen molar-refractivity contribution in [2.75, 3.05) is 13.7 Å². The van der Waals surface area contributed by atoms with E-state index < -0.39 is 17.8 Å². The largest absolute Gasteiger partial charge is 0.481 e. The number of carboxylic acid groups (broad SMARTS) is 1. The Kier molecular flexibility index (Phi) is 3.98. The lowest BCUT2D eigenvalue weighted by molar-refractivity contribution is -0.174. The highest BCUT2D eigenvalue weighted by Crippen LogP contribution is 2.60. The highest BCUT2D eigenvalue weighted by Gasteiger charge is 2.59. The van der Waals surface area contributed by atoms with Crippen LogP contribution in [0.4, 0.5) is 0 Å². The Morgan fingerprint density at radius 1 is 1.35 bits per heavy atom. The van der Waals surface area contributed by atoms with Gasteiger partial charge in [0.1, 0.15) is 5.78 Å². The number of fused-ring (bicyclic) bond motifs is 1. The predicted molar refractivity (Wildman–Crippen MR) is 75.3 cm³/mol. The minimum absolute atomic E-state index is 0.0361. The Balaban J connectivity index is 2.44. The van der Waals surface area contributed by atoms with E-state index in [2.05, 4.69) is 20.8 Å². The molecule has 0 heterocycles. The van der Waals surface area contributed by atoms with Crippen molar-refractivity contribution in [1.82, 2.24) is 0 Å². The highest BCUT2D eigenvalue weighted by atomic mass is 16.5. The van der Waals surface area contributed by atoms with Crippen LogP contribution in [-0.4, -0.2) is 30.6 Å². The third-order valence-electron chi connectivity index (χ3n) is 5.82. The molecule has 0 spiro atoms. The van der Waals surface area contributed by atoms with Crippen molar-refractivity contribution < 1.29 is 19.4 Å². The molecule has 2 aliphatic carbocycles. The van der Waals surface area contributed by atoms with Gasteiger partial charge in [-0.2, -0.15) is 0 Å². The molecule has 0 aromatic heterocycles. The fourth-order valence-electron chi connectivity index (χ4n) is 4.87. The van der Waals surface area contributed by atoms with Gasteiger partial charge in [-0.25, -0.2) is 0 Å². The zero-order valence-corrected chi connectivity index (χ0v) is 12.9. The summed E-state index contributed by atoms with van der Waals surface area (Å²) in [7, 11) is 1.53. The number of ether oxygens (including phenoxy) is 1. The monoisotopic (exact) mass is 282 g/mol. The average molecular weight is 282 g/mol. The van der Waals surface area contributed by atoms with Gasteiger partial charge in [-0.3, -0.25) is 9.59 Å². The number of carbonyl (C=O) groups is 2. The summed E-state index contributed by atoms with van der Waals surface area (Å²) in [5, 5.41) is 9.72. The number of carboxylic acids is 1. The zero-order chi connectivity index (χ0) is 15.1. The molecule has 1 unspecified atom stereocenters. The van der Waals surface area contributed by atoms with Gasteiger partial charge < -0.3 is 9.84 Å². The van der Waals surface area contributed by atoms with E-state index in [0.717, 1.165) is 19.3 Å². The van der Waals surface area contributed by atoms with E-state index in [1.54, 1.807) is 0 Å². The van der Waals surface area contributed by atoms with Crippen LogP contribution in [0.25, 0.3) is 0 Å². The molecule has 0 saturated heterocycles. The molecule has 0 aromatic rings. The van der Waals surface area contributed by atoms with Gasteiger partial charge in [0.05, 0.1) is 18.4 Å². The third-order valence-corrected chi connectivity index (χ3v) is 5.82. The van der Waals surface area contributed by atoms with Crippen LogP contribution in [-0.2, 0) is 14.3 Å². The molecular weight excluding hydrogens is 256 g/mol. The Hall–Kier alpha value is -0.900. The maximum Gasteiger partial charge on any atom is 0.307 e. The van der Waals surface area contributed by atoms with Gasteiger partial charge in [0.25, 0.3) is 0 Å². The molecule has 0 aliphatic heterocycles. The van der Waals surface area contributed by atoms with Crippen molar-refractivity contribution in [3.05, 3.63) is 0 Å². The predicted octanol–water partition coefficient (Wildman–Crippen LogP) is 2.76. The summed E-state index contributed by atoms with van der Waals surface area (Å²) in [5.74, 6) is -1.73. The molecular formula is C16H26O4. The van der Waals surface area contributed by atoms with Gasteiger partial charge in [-0.05, 0) is 29.6 Å². The Labute approximate surface area is 120 Å². The topological polar surface area (TPSA) is 63.6 Å². The molecule has 114 valence electrons. The van der Waals surface area contributed by atoms with Crippen molar-refractivity contribution in [1.29, 1.82) is 0 Å². The van der Waals surface area contributed by atoms with Crippen LogP contribution in [0, 0.1) is 28.6 Å². The maximum absolute atomic E-state index is 12.4. The lowest BCUT2D eigenvalue weighted by atomic mass is 9.46. The summed E-state index contributed by atoms with van der Waals surface area (Å²) in [6, 6.07) is 0. The van der Waals surface area contributed by atoms with Gasteiger partial charge in [0.2, 0.25) is 0 Å². The minimum Gasteiger partial charge on any atom is -0.481 e. The summed E-state index contributed by atoms with van der Waals surface area (Å²) < 4.78 is 5.12. The zero-order valence-electron chi connectivity index (χ0n) is 12.9. The molecule has 2 saturated carbocycles. The minimum atomic E-state index is -0.842. The first-order valence-electron chi connectivity index (χ1n) is 7.48. The first-order valence-corrected chi connectivity index (χ1v) is 7.48. The molecule has 0 radical (unpaired) electrons. The van der Waals surface area contributed by atoms with Gasteiger partial charge in [0.15, 0.2) is 0 Å². The highest BCUT2D eigenvalue weighted by molar-refractivity contribution is 5.88.